The average molecular weight is 292 g/mol. The standard InChI is InChI=1S/C15H17FN2O3/c16-10-5-2-6-11(12(10)15(20)21)18-14(19)13-9-4-1-3-8(9)7-17-13/h2,5-6,8-9,13,17H,1,3-4,7H2,(H,18,19)(H,20,21). The summed E-state index contributed by atoms with van der Waals surface area (Å²) in [4.78, 5) is 23.5. The van der Waals surface area contributed by atoms with Crippen molar-refractivity contribution in [2.75, 3.05) is 11.9 Å². The molecular formula is C15H17FN2O3. The zero-order valence-corrected chi connectivity index (χ0v) is 11.4. The van der Waals surface area contributed by atoms with E-state index in [0.717, 1.165) is 31.9 Å². The second kappa shape index (κ2) is 5.44. The number of halogens is 1. The lowest BCUT2D eigenvalue weighted by Gasteiger charge is -2.18. The van der Waals surface area contributed by atoms with E-state index < -0.39 is 17.3 Å². The number of carbonyl (C=O) groups excluding carboxylic acids is 1. The first-order chi connectivity index (χ1) is 10.1. The monoisotopic (exact) mass is 292 g/mol. The van der Waals surface area contributed by atoms with Gasteiger partial charge in [-0.1, -0.05) is 12.5 Å². The van der Waals surface area contributed by atoms with E-state index in [0.29, 0.717) is 11.8 Å². The highest BCUT2D eigenvalue weighted by molar-refractivity contribution is 6.02. The molecule has 1 amide bonds. The summed E-state index contributed by atoms with van der Waals surface area (Å²) in [6.07, 6.45) is 3.26. The number of anilines is 1. The predicted molar refractivity (Wildman–Crippen MR) is 74.6 cm³/mol. The van der Waals surface area contributed by atoms with E-state index in [1.165, 1.54) is 12.1 Å². The minimum Gasteiger partial charge on any atom is -0.478 e. The second-order valence-electron chi connectivity index (χ2n) is 5.70. The van der Waals surface area contributed by atoms with E-state index in [-0.39, 0.29) is 17.6 Å². The molecule has 2 aliphatic rings. The number of hydrogen-bond acceptors (Lipinski definition) is 3. The number of amides is 1. The Hall–Kier alpha value is -1.95. The Kier molecular flexibility index (Phi) is 3.63. The molecule has 112 valence electrons. The van der Waals surface area contributed by atoms with Crippen LogP contribution < -0.4 is 10.6 Å². The molecule has 0 aromatic heterocycles. The number of benzene rings is 1. The van der Waals surface area contributed by atoms with Crippen molar-refractivity contribution < 1.29 is 19.1 Å². The van der Waals surface area contributed by atoms with Crippen LogP contribution in [0, 0.1) is 17.7 Å². The van der Waals surface area contributed by atoms with Gasteiger partial charge in [-0.15, -0.1) is 0 Å². The van der Waals surface area contributed by atoms with Crippen molar-refractivity contribution >= 4 is 17.6 Å². The maximum absolute atomic E-state index is 13.6. The Labute approximate surface area is 121 Å². The van der Waals surface area contributed by atoms with Crippen molar-refractivity contribution in [3.8, 4) is 0 Å². The Balaban J connectivity index is 1.79. The van der Waals surface area contributed by atoms with E-state index in [1.54, 1.807) is 0 Å². The molecule has 3 rings (SSSR count). The highest BCUT2D eigenvalue weighted by atomic mass is 19.1. The third kappa shape index (κ3) is 2.51. The molecule has 0 spiro atoms. The maximum Gasteiger partial charge on any atom is 0.340 e. The topological polar surface area (TPSA) is 78.4 Å². The van der Waals surface area contributed by atoms with Crippen molar-refractivity contribution in [2.24, 2.45) is 11.8 Å². The molecule has 3 atom stereocenters. The van der Waals surface area contributed by atoms with Crippen LogP contribution in [0.3, 0.4) is 0 Å². The molecule has 1 saturated carbocycles. The lowest BCUT2D eigenvalue weighted by Crippen LogP contribution is -2.40. The third-order valence-electron chi connectivity index (χ3n) is 4.51. The fourth-order valence-electron chi connectivity index (χ4n) is 3.53. The zero-order valence-electron chi connectivity index (χ0n) is 11.4. The summed E-state index contributed by atoms with van der Waals surface area (Å²) in [7, 11) is 0. The Bertz CT molecular complexity index is 590. The normalized spacial score (nSPS) is 27.4. The molecule has 3 unspecified atom stereocenters. The van der Waals surface area contributed by atoms with Crippen LogP contribution in [-0.2, 0) is 4.79 Å². The van der Waals surface area contributed by atoms with Gasteiger partial charge in [-0.05, 0) is 43.4 Å². The van der Waals surface area contributed by atoms with Crippen molar-refractivity contribution in [3.63, 3.8) is 0 Å². The lowest BCUT2D eigenvalue weighted by atomic mass is 9.93. The maximum atomic E-state index is 13.6. The summed E-state index contributed by atoms with van der Waals surface area (Å²) in [6, 6.07) is 3.55. The van der Waals surface area contributed by atoms with Crippen LogP contribution in [0.4, 0.5) is 10.1 Å². The molecule has 1 aromatic rings. The van der Waals surface area contributed by atoms with E-state index >= 15 is 0 Å². The van der Waals surface area contributed by atoms with Gasteiger partial charge in [0.15, 0.2) is 0 Å². The van der Waals surface area contributed by atoms with Crippen LogP contribution in [0.15, 0.2) is 18.2 Å². The van der Waals surface area contributed by atoms with Crippen LogP contribution in [0.25, 0.3) is 0 Å². The largest absolute Gasteiger partial charge is 0.478 e. The number of carboxylic acids is 1. The Morgan fingerprint density at radius 2 is 2.14 bits per heavy atom. The first-order valence-corrected chi connectivity index (χ1v) is 7.14. The zero-order chi connectivity index (χ0) is 15.0. The smallest absolute Gasteiger partial charge is 0.340 e. The fraction of sp³-hybridized carbons (Fsp3) is 0.467. The first-order valence-electron chi connectivity index (χ1n) is 7.14. The van der Waals surface area contributed by atoms with Gasteiger partial charge in [-0.25, -0.2) is 9.18 Å². The summed E-state index contributed by atoms with van der Waals surface area (Å²) in [5, 5.41) is 14.8. The molecular weight excluding hydrogens is 275 g/mol. The SMILES string of the molecule is O=C(O)c1c(F)cccc1NC(=O)C1NCC2CCCC21. The summed E-state index contributed by atoms with van der Waals surface area (Å²) in [5.41, 5.74) is -0.484. The summed E-state index contributed by atoms with van der Waals surface area (Å²) < 4.78 is 13.6. The number of carboxylic acid groups (broad SMARTS) is 1. The van der Waals surface area contributed by atoms with Crippen LogP contribution in [-0.4, -0.2) is 29.6 Å². The van der Waals surface area contributed by atoms with Gasteiger partial charge in [0.2, 0.25) is 5.91 Å². The van der Waals surface area contributed by atoms with Gasteiger partial charge < -0.3 is 15.7 Å². The van der Waals surface area contributed by atoms with E-state index in [2.05, 4.69) is 10.6 Å². The average Bonchev–Trinajstić information content (AvgIpc) is 2.99. The van der Waals surface area contributed by atoms with Crippen LogP contribution in [0.5, 0.6) is 0 Å². The predicted octanol–water partition coefficient (Wildman–Crippen LogP) is 1.85. The second-order valence-corrected chi connectivity index (χ2v) is 5.70. The molecule has 6 heteroatoms. The van der Waals surface area contributed by atoms with Gasteiger partial charge in [-0.3, -0.25) is 4.79 Å². The minimum atomic E-state index is -1.39. The van der Waals surface area contributed by atoms with Gasteiger partial charge >= 0.3 is 5.97 Å². The number of aromatic carboxylic acids is 1. The molecule has 21 heavy (non-hydrogen) atoms. The molecule has 2 fully saturated rings. The van der Waals surface area contributed by atoms with Crippen molar-refractivity contribution in [1.82, 2.24) is 5.32 Å². The van der Waals surface area contributed by atoms with Crippen LogP contribution in [0.2, 0.25) is 0 Å². The molecule has 1 aliphatic heterocycles. The van der Waals surface area contributed by atoms with Gasteiger partial charge in [-0.2, -0.15) is 0 Å². The van der Waals surface area contributed by atoms with Crippen LogP contribution in [0.1, 0.15) is 29.6 Å². The fourth-order valence-corrected chi connectivity index (χ4v) is 3.53. The van der Waals surface area contributed by atoms with Gasteiger partial charge in [0.1, 0.15) is 11.4 Å². The highest BCUT2D eigenvalue weighted by Crippen LogP contribution is 2.38. The molecule has 0 radical (unpaired) electrons. The summed E-state index contributed by atoms with van der Waals surface area (Å²) in [6.45, 7) is 0.817. The molecule has 3 N–H and O–H groups in total. The van der Waals surface area contributed by atoms with Crippen molar-refractivity contribution in [2.45, 2.75) is 25.3 Å². The van der Waals surface area contributed by atoms with Crippen LogP contribution >= 0.6 is 0 Å². The molecule has 5 nitrogen and oxygen atoms in total. The number of carbonyl (C=O) groups is 2. The van der Waals surface area contributed by atoms with Gasteiger partial charge in [0.25, 0.3) is 0 Å². The van der Waals surface area contributed by atoms with Crippen molar-refractivity contribution in [3.05, 3.63) is 29.6 Å². The van der Waals surface area contributed by atoms with E-state index in [1.807, 2.05) is 0 Å². The van der Waals surface area contributed by atoms with E-state index in [4.69, 9.17) is 5.11 Å². The van der Waals surface area contributed by atoms with Gasteiger partial charge in [0.05, 0.1) is 11.7 Å². The molecule has 1 aromatic carbocycles. The highest BCUT2D eigenvalue weighted by Gasteiger charge is 2.42. The molecule has 1 aliphatic carbocycles. The Morgan fingerprint density at radius 1 is 1.33 bits per heavy atom. The Morgan fingerprint density at radius 3 is 2.90 bits per heavy atom. The number of nitrogens with one attached hydrogen (secondary N) is 2. The number of rotatable bonds is 3. The number of fused-ring (bicyclic) bond motifs is 1. The first kappa shape index (κ1) is 14.0. The number of hydrogen-bond donors (Lipinski definition) is 3. The third-order valence-corrected chi connectivity index (χ3v) is 4.51. The van der Waals surface area contributed by atoms with Crippen molar-refractivity contribution in [1.29, 1.82) is 0 Å². The lowest BCUT2D eigenvalue weighted by molar-refractivity contribution is -0.118. The summed E-state index contributed by atoms with van der Waals surface area (Å²) >= 11 is 0. The summed E-state index contributed by atoms with van der Waals surface area (Å²) in [5.74, 6) is -1.70. The molecule has 0 bridgehead atoms. The molecule has 1 heterocycles. The van der Waals surface area contributed by atoms with Gasteiger partial charge in [0, 0.05) is 0 Å². The van der Waals surface area contributed by atoms with E-state index in [9.17, 15) is 14.0 Å². The quantitative estimate of drug-likeness (QED) is 0.794. The minimum absolute atomic E-state index is 0.00995. The molecule has 1 saturated heterocycles.